The Kier molecular flexibility index (Phi) is 18.2. The molecule has 123 heavy (non-hydrogen) atoms. The van der Waals surface area contributed by atoms with E-state index in [4.69, 9.17) is 9.47 Å². The van der Waals surface area contributed by atoms with Crippen LogP contribution in [-0.2, 0) is 40.7 Å². The van der Waals surface area contributed by atoms with E-state index in [0.717, 1.165) is 6.61 Å². The van der Waals surface area contributed by atoms with Gasteiger partial charge in [-0.15, -0.1) is 0 Å². The first-order valence-corrected chi connectivity index (χ1v) is 47.2. The maximum Gasteiger partial charge on any atom is 0.148 e. The third-order valence-corrected chi connectivity index (χ3v) is 39.0. The molecule has 10 heteroatoms. The molecular formula is C113H144N8O2. The Hall–Kier alpha value is -8.38. The first kappa shape index (κ1) is 84.1. The van der Waals surface area contributed by atoms with Crippen molar-refractivity contribution in [2.24, 2.45) is 49.6 Å². The smallest absolute Gasteiger partial charge is 0.148 e. The SMILES string of the molecule is Cc1c(C)c(C)c2c([nH]c3c2c2c(c4c5c(C)c(C)c(C)c(C)c5n(C5(C)OCC(C)C(C)C5C)c34)C(C)N(C)C2C)c1C.Cc1c(C)c(C)c2c(c1C)c1c3c(c4c5c(C)c(C)c(C)c(C)c5n(C)c4c1n2C)C(C)C(C)C3C.Cc1c(C)c(C)c2c(c1C)c1c3c(c4c5c(C)c(C)c(C)c(C)c5n5c4c1n2C1(C)OC5(C)C(C)C1C)C(C)N(C)C3C. The molecule has 15 aromatic rings. The van der Waals surface area contributed by atoms with Crippen molar-refractivity contribution in [3.05, 3.63) is 167 Å². The van der Waals surface area contributed by atoms with E-state index in [9.17, 15) is 0 Å². The number of nitrogens with zero attached hydrogens (tertiary/aromatic N) is 7. The van der Waals surface area contributed by atoms with Crippen LogP contribution >= 0.6 is 0 Å². The van der Waals surface area contributed by atoms with Crippen LogP contribution in [0.2, 0.25) is 0 Å². The Labute approximate surface area is 733 Å². The molecule has 2 bridgehead atoms. The quantitative estimate of drug-likeness (QED) is 0.178. The topological polar surface area (TPSA) is 65.4 Å². The molecule has 1 N–H and O–H groups in total. The summed E-state index contributed by atoms with van der Waals surface area (Å²) in [5, 5.41) is 17.6. The van der Waals surface area contributed by atoms with E-state index in [0.29, 0.717) is 71.5 Å². The third-order valence-electron chi connectivity index (χ3n) is 39.0. The molecule has 2 fully saturated rings. The summed E-state index contributed by atoms with van der Waals surface area (Å²) < 4.78 is 28.0. The maximum atomic E-state index is 7.67. The van der Waals surface area contributed by atoms with Crippen LogP contribution < -0.4 is 0 Å². The summed E-state index contributed by atoms with van der Waals surface area (Å²) in [6.45, 7) is 93.1. The highest BCUT2D eigenvalue weighted by Gasteiger charge is 2.61. The molecule has 14 unspecified atom stereocenters. The highest BCUT2D eigenvalue weighted by atomic mass is 16.6. The molecule has 6 aliphatic rings. The lowest BCUT2D eigenvalue weighted by Crippen LogP contribution is -2.49. The second kappa shape index (κ2) is 26.6. The normalized spacial score (nSPS) is 26.4. The van der Waals surface area contributed by atoms with Crippen molar-refractivity contribution in [3.63, 3.8) is 0 Å². The number of aromatic amines is 1. The minimum absolute atomic E-state index is 0.307. The maximum absolute atomic E-state index is 7.67. The number of nitrogens with one attached hydrogen (secondary N) is 1. The summed E-state index contributed by atoms with van der Waals surface area (Å²) in [4.78, 5) is 9.34. The number of hydrogen-bond acceptors (Lipinski definition) is 4. The number of hydrogen-bond donors (Lipinski definition) is 1. The fraction of sp³-hybridized carbons (Fsp3) is 0.522. The van der Waals surface area contributed by atoms with Crippen LogP contribution in [-0.4, -0.2) is 58.3 Å². The number of aryl methyl sites for hydroxylation is 14. The van der Waals surface area contributed by atoms with Gasteiger partial charge in [-0.2, -0.15) is 0 Å². The van der Waals surface area contributed by atoms with Crippen molar-refractivity contribution in [1.29, 1.82) is 0 Å². The highest BCUT2D eigenvalue weighted by molar-refractivity contribution is 6.31. The van der Waals surface area contributed by atoms with E-state index in [1.807, 2.05) is 0 Å². The summed E-state index contributed by atoms with van der Waals surface area (Å²) in [6.07, 6.45) is 0. The van der Waals surface area contributed by atoms with Gasteiger partial charge in [0.25, 0.3) is 0 Å². The van der Waals surface area contributed by atoms with E-state index in [1.54, 1.807) is 11.1 Å². The standard InChI is InChI=1S/C40H53N3O.C39H49N3O.C34H42N2/c1-17-16-44-40(14,27(11)18(17)2)43-38-26(10)22(6)20(4)24(8)31(38)35-33-29(13)42(15)28(12)32(33)34-30-23(7)19(3)21(5)25(9)36(30)41-37(34)39(35)43;1-16-18(3)22(7)34-28(20(16)5)32-30-26(11)40(15)27(12)31(30)33-29-21(6)17(2)19(4)23(8)35(29)42-37(33)36(32)41(34)38(13)24(9)25(10)39(42,14)43-38;1-14-16(3)23(10)31-27(21(14)8)29-25-19(6)18(5)20(7)26(25)30-28-22(9)15(2)17(4)24(11)32(28)36(13)34(30)33(29)35(31)12/h17-18,27-29,41H,16H2,1-15H3;24-27H,1-15H3;18-20H,1-13H3. The first-order chi connectivity index (χ1) is 57.4. The minimum atomic E-state index is -0.488. The largest absolute Gasteiger partial charge is 0.355 e. The number of fused-ring (bicyclic) bond motifs is 33. The molecule has 1 aliphatic carbocycles. The van der Waals surface area contributed by atoms with Crippen LogP contribution in [0.4, 0.5) is 0 Å². The van der Waals surface area contributed by atoms with Crippen molar-refractivity contribution in [2.75, 3.05) is 20.7 Å². The molecule has 0 amide bonds. The van der Waals surface area contributed by atoms with Gasteiger partial charge in [0.05, 0.1) is 72.8 Å². The average molecular weight is 1650 g/mol. The number of aromatic nitrogens is 6. The predicted octanol–water partition coefficient (Wildman–Crippen LogP) is 30.0. The van der Waals surface area contributed by atoms with Gasteiger partial charge in [0.1, 0.15) is 17.2 Å². The zero-order chi connectivity index (χ0) is 89.5. The molecule has 11 heterocycles. The van der Waals surface area contributed by atoms with Gasteiger partial charge in [0.15, 0.2) is 0 Å². The zero-order valence-electron chi connectivity index (χ0n) is 83.6. The number of rotatable bonds is 1. The Balaban J connectivity index is 0.000000122. The minimum Gasteiger partial charge on any atom is -0.355 e. The molecule has 10 nitrogen and oxygen atoms in total. The van der Waals surface area contributed by atoms with Crippen LogP contribution in [0.5, 0.6) is 0 Å². The van der Waals surface area contributed by atoms with Crippen molar-refractivity contribution in [1.82, 2.24) is 37.6 Å². The summed E-state index contributed by atoms with van der Waals surface area (Å²) in [7, 11) is 9.28. The molecule has 21 rings (SSSR count). The second-order valence-corrected chi connectivity index (χ2v) is 42.7. The van der Waals surface area contributed by atoms with Gasteiger partial charge in [0.2, 0.25) is 0 Å². The van der Waals surface area contributed by atoms with Crippen molar-refractivity contribution in [2.45, 2.75) is 323 Å². The summed E-state index contributed by atoms with van der Waals surface area (Å²) in [6, 6.07) is 1.27. The Bertz CT molecular complexity index is 7150. The Morgan fingerprint density at radius 1 is 0.244 bits per heavy atom. The van der Waals surface area contributed by atoms with Crippen LogP contribution in [0, 0.1) is 202 Å². The molecule has 6 aromatic heterocycles. The van der Waals surface area contributed by atoms with E-state index in [1.165, 1.54) is 287 Å². The number of ether oxygens (including phenoxy) is 2. The molecule has 5 aliphatic heterocycles. The van der Waals surface area contributed by atoms with Gasteiger partial charge < -0.3 is 37.3 Å². The molecule has 648 valence electrons. The molecule has 9 aromatic carbocycles. The fourth-order valence-electron chi connectivity index (χ4n) is 27.7. The Morgan fingerprint density at radius 2 is 0.512 bits per heavy atom. The summed E-state index contributed by atoms with van der Waals surface area (Å²) >= 11 is 0. The molecule has 2 saturated heterocycles. The van der Waals surface area contributed by atoms with E-state index in [-0.39, 0.29) is 0 Å². The van der Waals surface area contributed by atoms with Crippen LogP contribution in [0.15, 0.2) is 0 Å². The molecule has 14 atom stereocenters. The molecular weight excluding hydrogens is 1500 g/mol. The van der Waals surface area contributed by atoms with Gasteiger partial charge in [0, 0.05) is 121 Å². The lowest BCUT2D eigenvalue weighted by molar-refractivity contribution is -0.191. The van der Waals surface area contributed by atoms with Crippen molar-refractivity contribution < 1.29 is 9.47 Å². The number of H-pyrrole nitrogens is 1. The third kappa shape index (κ3) is 9.62. The van der Waals surface area contributed by atoms with Gasteiger partial charge in [-0.05, 0) is 425 Å². The van der Waals surface area contributed by atoms with E-state index in [2.05, 4.69) is 336 Å². The van der Waals surface area contributed by atoms with Gasteiger partial charge >= 0.3 is 0 Å². The van der Waals surface area contributed by atoms with Gasteiger partial charge in [-0.1, -0.05) is 55.4 Å². The number of benzene rings is 9. The van der Waals surface area contributed by atoms with Gasteiger partial charge in [-0.3, -0.25) is 9.80 Å². The zero-order valence-corrected chi connectivity index (χ0v) is 83.6. The van der Waals surface area contributed by atoms with Crippen LogP contribution in [0.1, 0.15) is 307 Å². The monoisotopic (exact) mass is 1650 g/mol. The summed E-state index contributed by atoms with van der Waals surface area (Å²) in [5.74, 6) is 3.75. The first-order valence-electron chi connectivity index (χ1n) is 47.2. The molecule has 0 spiro atoms. The van der Waals surface area contributed by atoms with E-state index < -0.39 is 17.2 Å². The second-order valence-electron chi connectivity index (χ2n) is 42.7. The lowest BCUT2D eigenvalue weighted by Gasteiger charge is -2.48. The van der Waals surface area contributed by atoms with Gasteiger partial charge in [-0.25, -0.2) is 0 Å². The lowest BCUT2D eigenvalue weighted by atomic mass is 9.77. The van der Waals surface area contributed by atoms with Crippen LogP contribution in [0.3, 0.4) is 0 Å². The Morgan fingerprint density at radius 3 is 0.854 bits per heavy atom. The van der Waals surface area contributed by atoms with Crippen LogP contribution in [0.25, 0.3) is 131 Å². The van der Waals surface area contributed by atoms with Crippen molar-refractivity contribution >= 4 is 131 Å². The molecule has 0 saturated carbocycles. The average Bonchev–Trinajstić information content (AvgIpc) is 1.47. The molecule has 0 radical (unpaired) electrons. The predicted molar refractivity (Wildman–Crippen MR) is 528 cm³/mol. The fourth-order valence-corrected chi connectivity index (χ4v) is 27.7. The highest BCUT2D eigenvalue weighted by Crippen LogP contribution is 2.66. The van der Waals surface area contributed by atoms with E-state index >= 15 is 0 Å². The van der Waals surface area contributed by atoms with Crippen molar-refractivity contribution in [3.8, 4) is 0 Å². The summed E-state index contributed by atoms with van der Waals surface area (Å²) in [5.41, 5.74) is 58.4.